The van der Waals surface area contributed by atoms with Crippen molar-refractivity contribution in [3.05, 3.63) is 177 Å². The average molecular weight is 943 g/mol. The number of phenolic OH excluding ortho intramolecular Hbond substituents is 1. The molecule has 2 aliphatic carbocycles. The average Bonchev–Trinajstić information content (AvgIpc) is 3.65. The molecule has 0 radical (unpaired) electrons. The van der Waals surface area contributed by atoms with Crippen molar-refractivity contribution in [3.8, 4) is 39.4 Å². The van der Waals surface area contributed by atoms with E-state index in [1.165, 1.54) is 39.4 Å². The molecule has 1 N–H and O–H groups in total. The minimum absolute atomic E-state index is 0. The molecule has 2 aliphatic rings. The number of fused-ring (bicyclic) bond motifs is 10. The van der Waals surface area contributed by atoms with Gasteiger partial charge in [-0.2, -0.15) is 0 Å². The zero-order valence-corrected chi connectivity index (χ0v) is 36.8. The fraction of sp³-hybridized carbons (Fsp3) is 0.245. The van der Waals surface area contributed by atoms with Crippen LogP contribution < -0.4 is 4.90 Å². The number of rotatable bonds is 4. The summed E-state index contributed by atoms with van der Waals surface area (Å²) in [4.78, 5) is 12.3. The number of aromatic nitrogens is 2. The first-order chi connectivity index (χ1) is 28.3. The van der Waals surface area contributed by atoms with Gasteiger partial charge >= 0.3 is 0 Å². The van der Waals surface area contributed by atoms with Crippen LogP contribution in [-0.2, 0) is 37.3 Å². The zero-order valence-electron chi connectivity index (χ0n) is 37.6. The molecule has 7 aromatic rings. The summed E-state index contributed by atoms with van der Waals surface area (Å²) in [6, 6.07) is 43.0. The van der Waals surface area contributed by atoms with Crippen LogP contribution in [0.25, 0.3) is 33.6 Å². The van der Waals surface area contributed by atoms with Crippen LogP contribution in [0.2, 0.25) is 0 Å². The topological polar surface area (TPSA) is 49.2 Å². The molecule has 0 atom stereocenters. The van der Waals surface area contributed by atoms with E-state index >= 15 is 0 Å². The molecular weight excluding hydrogens is 890 g/mol. The summed E-state index contributed by atoms with van der Waals surface area (Å²) in [6.45, 7) is 17.5. The van der Waals surface area contributed by atoms with Crippen LogP contribution in [0, 0.1) is 33.7 Å². The van der Waals surface area contributed by atoms with Gasteiger partial charge in [-0.05, 0) is 124 Å². The quantitative estimate of drug-likeness (QED) is 0.179. The number of pyridine rings is 2. The number of nitrogens with zero attached hydrogens (tertiary/aromatic N) is 3. The van der Waals surface area contributed by atoms with Crippen molar-refractivity contribution < 1.29 is 30.3 Å². The van der Waals surface area contributed by atoms with E-state index in [1.807, 2.05) is 30.3 Å². The Morgan fingerprint density at radius 3 is 1.90 bits per heavy atom. The van der Waals surface area contributed by atoms with Crippen LogP contribution in [0.3, 0.4) is 0 Å². The summed E-state index contributed by atoms with van der Waals surface area (Å²) in [5.41, 5.74) is 16.1. The smallest absolute Gasteiger partial charge is 0.136 e. The van der Waals surface area contributed by atoms with Gasteiger partial charge in [0.25, 0.3) is 0 Å². The predicted octanol–water partition coefficient (Wildman–Crippen LogP) is 13.3. The first kappa shape index (κ1) is 35.8. The van der Waals surface area contributed by atoms with E-state index < -0.39 is 12.3 Å². The van der Waals surface area contributed by atoms with E-state index in [-0.39, 0.29) is 43.3 Å². The maximum Gasteiger partial charge on any atom is 0.136 e. The van der Waals surface area contributed by atoms with E-state index in [0.29, 0.717) is 17.1 Å². The number of phenols is 1. The number of anilines is 3. The largest absolute Gasteiger partial charge is 0.507 e. The van der Waals surface area contributed by atoms with Gasteiger partial charge in [0, 0.05) is 36.4 Å². The van der Waals surface area contributed by atoms with Gasteiger partial charge in [0.05, 0.1) is 16.8 Å². The molecule has 0 aliphatic heterocycles. The van der Waals surface area contributed by atoms with E-state index in [0.717, 1.165) is 50.4 Å². The molecule has 0 amide bonds. The first-order valence-corrected chi connectivity index (χ1v) is 19.8. The van der Waals surface area contributed by atoms with Gasteiger partial charge in [-0.25, -0.2) is 4.98 Å². The minimum atomic E-state index is -2.34. The zero-order chi connectivity index (χ0) is 42.7. The molecule has 0 saturated heterocycles. The number of aromatic hydroxyl groups is 1. The number of hydrogen-bond acceptors (Lipinski definition) is 4. The van der Waals surface area contributed by atoms with Crippen LogP contribution in [0.4, 0.5) is 17.2 Å². The second kappa shape index (κ2) is 13.9. The molecule has 0 bridgehead atoms. The Morgan fingerprint density at radius 1 is 0.655 bits per heavy atom. The molecule has 58 heavy (non-hydrogen) atoms. The standard InChI is InChI=1S/C53H50N3O.Pt/c1-31-26-32(2)50(33(3)27-31)56(38-16-12-15-35(28-38)45-18-11-14-34(4)54-45)47-25-24-42-49(55-47)48-41(17-13-19-46(48)57)53(42)43-29-36(51(5,6)7)20-22-39(43)40-23-21-37(30-44(40)53)52(8,9)10;/h11-27,29-30,57H,1-10H3;/q-1;/i4D3;. The third-order valence-corrected chi connectivity index (χ3v) is 12.0. The Labute approximate surface area is 362 Å². The van der Waals surface area contributed by atoms with Crippen molar-refractivity contribution >= 4 is 17.2 Å². The molecule has 2 aromatic heterocycles. The Kier molecular flexibility index (Phi) is 8.59. The molecule has 2 heterocycles. The molecule has 0 saturated carbocycles. The maximum atomic E-state index is 12.0. The van der Waals surface area contributed by atoms with Gasteiger partial charge in [-0.1, -0.05) is 126 Å². The van der Waals surface area contributed by atoms with Gasteiger partial charge in [0.2, 0.25) is 0 Å². The van der Waals surface area contributed by atoms with Gasteiger partial charge in [-0.3, -0.25) is 0 Å². The molecule has 4 nitrogen and oxygen atoms in total. The molecule has 294 valence electrons. The van der Waals surface area contributed by atoms with E-state index in [2.05, 4.69) is 145 Å². The third kappa shape index (κ3) is 6.06. The van der Waals surface area contributed by atoms with Gasteiger partial charge in [0.15, 0.2) is 0 Å². The van der Waals surface area contributed by atoms with E-state index in [4.69, 9.17) is 9.10 Å². The summed E-state index contributed by atoms with van der Waals surface area (Å²) < 4.78 is 24.0. The fourth-order valence-electron chi connectivity index (χ4n) is 9.36. The van der Waals surface area contributed by atoms with Crippen LogP contribution >= 0.6 is 0 Å². The maximum absolute atomic E-state index is 12.0. The van der Waals surface area contributed by atoms with Crippen LogP contribution in [-0.4, -0.2) is 15.1 Å². The SMILES string of the molecule is [2H]C([2H])([2H])c1cccc(-c2[c-]c(N(c3ccc4c(n3)-c3c(O)cccc3C43c4cc(C(C)(C)C)ccc4-c4ccc(C(C)(C)C)cc43)c3c(C)cc(C)cc3C)ccc2)n1.[Pt]. The van der Waals surface area contributed by atoms with Gasteiger partial charge in [0.1, 0.15) is 11.6 Å². The monoisotopic (exact) mass is 942 g/mol. The Hall–Kier alpha value is -5.31. The second-order valence-corrected chi connectivity index (χ2v) is 18.0. The summed E-state index contributed by atoms with van der Waals surface area (Å²) in [5.74, 6) is 0.852. The Bertz CT molecular complexity index is 2820. The molecule has 1 spiro atoms. The van der Waals surface area contributed by atoms with Crippen molar-refractivity contribution in [2.45, 2.75) is 85.4 Å². The molecule has 9 rings (SSSR count). The molecular formula is C53H50N3OPt-. The summed E-state index contributed by atoms with van der Waals surface area (Å²) >= 11 is 0. The summed E-state index contributed by atoms with van der Waals surface area (Å²) in [6.07, 6.45) is 0. The number of aryl methyl sites for hydroxylation is 4. The van der Waals surface area contributed by atoms with Crippen molar-refractivity contribution in [3.63, 3.8) is 0 Å². The first-order valence-electron chi connectivity index (χ1n) is 21.3. The predicted molar refractivity (Wildman–Crippen MR) is 235 cm³/mol. The van der Waals surface area contributed by atoms with Crippen molar-refractivity contribution in [1.82, 2.24) is 9.97 Å². The van der Waals surface area contributed by atoms with Crippen molar-refractivity contribution in [2.75, 3.05) is 4.90 Å². The molecule has 0 unspecified atom stereocenters. The number of benzene rings is 5. The van der Waals surface area contributed by atoms with Gasteiger partial charge in [-0.15, -0.1) is 29.8 Å². The van der Waals surface area contributed by atoms with Gasteiger partial charge < -0.3 is 15.0 Å². The Morgan fingerprint density at radius 2 is 1.28 bits per heavy atom. The normalized spacial score (nSPS) is 14.4. The van der Waals surface area contributed by atoms with Crippen LogP contribution in [0.5, 0.6) is 5.75 Å². The van der Waals surface area contributed by atoms with Crippen LogP contribution in [0.15, 0.2) is 115 Å². The molecule has 0 fully saturated rings. The van der Waals surface area contributed by atoms with Crippen molar-refractivity contribution in [1.29, 1.82) is 0 Å². The van der Waals surface area contributed by atoms with E-state index in [9.17, 15) is 5.11 Å². The molecule has 5 heteroatoms. The minimum Gasteiger partial charge on any atom is -0.507 e. The molecule has 5 aromatic carbocycles. The van der Waals surface area contributed by atoms with Crippen molar-refractivity contribution in [2.24, 2.45) is 0 Å². The van der Waals surface area contributed by atoms with Crippen LogP contribution in [0.1, 0.15) is 101 Å². The van der Waals surface area contributed by atoms with E-state index in [1.54, 1.807) is 12.1 Å². The number of hydrogen-bond donors (Lipinski definition) is 1. The summed E-state index contributed by atoms with van der Waals surface area (Å²) in [7, 11) is 0. The Balaban J connectivity index is 0.00000514. The summed E-state index contributed by atoms with van der Waals surface area (Å²) in [5, 5.41) is 12.0. The second-order valence-electron chi connectivity index (χ2n) is 18.0. The third-order valence-electron chi connectivity index (χ3n) is 12.0. The fourth-order valence-corrected chi connectivity index (χ4v) is 9.36.